The Hall–Kier alpha value is -3.54. The van der Waals surface area contributed by atoms with Gasteiger partial charge in [0.25, 0.3) is 5.96 Å². The molecule has 3 heterocycles. The molecule has 12 heteroatoms. The summed E-state index contributed by atoms with van der Waals surface area (Å²) in [7, 11) is -4.02. The van der Waals surface area contributed by atoms with Crippen LogP contribution in [-0.2, 0) is 10.2 Å². The van der Waals surface area contributed by atoms with E-state index in [1.807, 2.05) is 62.4 Å². The molecule has 10 nitrogen and oxygen atoms in total. The maximum atomic E-state index is 13.4. The summed E-state index contributed by atoms with van der Waals surface area (Å²) in [6, 6.07) is 19.4. The number of nitrogens with two attached hydrogens (primary N) is 1. The summed E-state index contributed by atoms with van der Waals surface area (Å²) in [5, 5.41) is 11.5. The van der Waals surface area contributed by atoms with E-state index in [9.17, 15) is 8.42 Å². The first-order valence-corrected chi connectivity index (χ1v) is 15.1. The van der Waals surface area contributed by atoms with Crippen LogP contribution in [0, 0.1) is 13.8 Å². The first-order valence-electron chi connectivity index (χ1n) is 13.4. The van der Waals surface area contributed by atoms with E-state index in [1.165, 1.54) is 14.0 Å². The van der Waals surface area contributed by atoms with Crippen molar-refractivity contribution in [2.75, 3.05) is 19.6 Å². The van der Waals surface area contributed by atoms with Gasteiger partial charge in [-0.25, -0.2) is 9.69 Å². The largest absolute Gasteiger partial charge is 0.368 e. The predicted molar refractivity (Wildman–Crippen MR) is 159 cm³/mol. The minimum Gasteiger partial charge on any atom is -0.368 e. The third-order valence-corrected chi connectivity index (χ3v) is 8.70. The number of aromatic nitrogens is 2. The molecule has 2 N–H and O–H groups in total. The van der Waals surface area contributed by atoms with Gasteiger partial charge in [0, 0.05) is 36.3 Å². The average molecular weight is 581 g/mol. The number of hydrazone groups is 1. The number of hydrogen-bond acceptors (Lipinski definition) is 4. The van der Waals surface area contributed by atoms with Crippen molar-refractivity contribution in [1.82, 2.24) is 19.1 Å². The zero-order valence-corrected chi connectivity index (χ0v) is 24.2. The van der Waals surface area contributed by atoms with Crippen molar-refractivity contribution in [3.8, 4) is 0 Å². The Bertz CT molecular complexity index is 1540. The second-order valence-electron chi connectivity index (χ2n) is 10.0. The third-order valence-electron chi connectivity index (χ3n) is 7.04. The van der Waals surface area contributed by atoms with E-state index in [0.717, 1.165) is 47.5 Å². The maximum absolute atomic E-state index is 13.4. The van der Waals surface area contributed by atoms with Gasteiger partial charge in [0.2, 0.25) is 5.96 Å². The molecule has 0 saturated carbocycles. The number of aryl methyl sites for hydroxylation is 2. The first kappa shape index (κ1) is 28.0. The van der Waals surface area contributed by atoms with Crippen LogP contribution in [0.5, 0.6) is 0 Å². The monoisotopic (exact) mass is 580 g/mol. The molecule has 2 aliphatic rings. The third kappa shape index (κ3) is 6.27. The van der Waals surface area contributed by atoms with Crippen LogP contribution in [-0.4, -0.2) is 64.8 Å². The van der Waals surface area contributed by atoms with Crippen molar-refractivity contribution < 1.29 is 8.42 Å². The van der Waals surface area contributed by atoms with E-state index < -0.39 is 10.2 Å². The molecule has 0 bridgehead atoms. The van der Waals surface area contributed by atoms with E-state index in [4.69, 9.17) is 22.4 Å². The van der Waals surface area contributed by atoms with Gasteiger partial charge < -0.3 is 5.73 Å². The molecule has 3 aromatic rings. The minimum absolute atomic E-state index is 0.00613. The zero-order valence-electron chi connectivity index (χ0n) is 22.6. The number of rotatable bonds is 4. The van der Waals surface area contributed by atoms with E-state index in [0.29, 0.717) is 31.1 Å². The lowest BCUT2D eigenvalue weighted by Crippen LogP contribution is -2.39. The second kappa shape index (κ2) is 11.9. The summed E-state index contributed by atoms with van der Waals surface area (Å²) < 4.78 is 33.9. The lowest BCUT2D eigenvalue weighted by atomic mass is 9.86. The van der Waals surface area contributed by atoms with E-state index in [-0.39, 0.29) is 17.8 Å². The van der Waals surface area contributed by atoms with Gasteiger partial charge in [-0.3, -0.25) is 0 Å². The van der Waals surface area contributed by atoms with Gasteiger partial charge in [0.05, 0.1) is 11.4 Å². The molecule has 1 aromatic heterocycles. The Morgan fingerprint density at radius 3 is 2.35 bits per heavy atom. The fourth-order valence-electron chi connectivity index (χ4n) is 5.06. The molecule has 1 unspecified atom stereocenters. The Morgan fingerprint density at radius 1 is 1.00 bits per heavy atom. The lowest BCUT2D eigenvalue weighted by Gasteiger charge is -2.31. The van der Waals surface area contributed by atoms with Crippen molar-refractivity contribution >= 4 is 39.4 Å². The van der Waals surface area contributed by atoms with Crippen LogP contribution in [0.4, 0.5) is 0 Å². The number of halogens is 1. The van der Waals surface area contributed by atoms with E-state index in [1.54, 1.807) is 0 Å². The van der Waals surface area contributed by atoms with Crippen LogP contribution in [0.25, 0.3) is 0 Å². The molecule has 2 aromatic carbocycles. The number of guanidine groups is 1. The summed E-state index contributed by atoms with van der Waals surface area (Å²) in [6.45, 7) is 4.94. The first-order chi connectivity index (χ1) is 19.2. The molecule has 40 heavy (non-hydrogen) atoms. The van der Waals surface area contributed by atoms with Gasteiger partial charge in [-0.1, -0.05) is 60.5 Å². The van der Waals surface area contributed by atoms with Gasteiger partial charge in [-0.2, -0.15) is 27.9 Å². The van der Waals surface area contributed by atoms with Crippen molar-refractivity contribution in [1.29, 1.82) is 0 Å². The molecule has 0 spiro atoms. The standard InChI is InChI=1S/C28H33ClN8O2S/c1-20-19-21(2)37(32-20)27(30)31-28(34-40(38,39)35-16-7-4-8-17-35)36-18-15-25(22-9-5-3-6-10-22)26(33-36)23-11-13-24(29)14-12-23/h3,5-6,9-14,19,25H,4,7-8,15-18H2,1-2H3,(H2,30,31,34). The van der Waals surface area contributed by atoms with Crippen LogP contribution in [0.15, 0.2) is 75.2 Å². The number of nitrogens with zero attached hydrogens (tertiary/aromatic N) is 7. The Morgan fingerprint density at radius 2 is 1.70 bits per heavy atom. The number of piperidine rings is 1. The Kier molecular flexibility index (Phi) is 8.34. The maximum Gasteiger partial charge on any atom is 0.325 e. The summed E-state index contributed by atoms with van der Waals surface area (Å²) in [5.41, 5.74) is 10.6. The SMILES string of the molecule is Cc1cc(C)n(/C(N)=N/C(=N\S(=O)(=O)N2CCCCC2)N2CCC(c3ccccc3)C(c3ccc(Cl)cc3)=N2)n1. The molecule has 0 radical (unpaired) electrons. The van der Waals surface area contributed by atoms with E-state index >= 15 is 0 Å². The van der Waals surface area contributed by atoms with Crippen molar-refractivity contribution in [2.45, 2.75) is 45.4 Å². The van der Waals surface area contributed by atoms with Gasteiger partial charge in [-0.05, 0) is 62.4 Å². The van der Waals surface area contributed by atoms with Gasteiger partial charge in [0.15, 0.2) is 0 Å². The van der Waals surface area contributed by atoms with Crippen LogP contribution in [0.3, 0.4) is 0 Å². The van der Waals surface area contributed by atoms with Crippen LogP contribution in [0.1, 0.15) is 54.1 Å². The summed E-state index contributed by atoms with van der Waals surface area (Å²) in [4.78, 5) is 4.50. The summed E-state index contributed by atoms with van der Waals surface area (Å²) >= 11 is 6.18. The molecule has 1 atom stereocenters. The number of hydrogen-bond donors (Lipinski definition) is 1. The van der Waals surface area contributed by atoms with Crippen LogP contribution in [0.2, 0.25) is 5.02 Å². The quantitative estimate of drug-likeness (QED) is 0.364. The van der Waals surface area contributed by atoms with Crippen molar-refractivity contribution in [3.05, 3.63) is 88.2 Å². The topological polar surface area (TPSA) is 122 Å². The Balaban J connectivity index is 1.62. The summed E-state index contributed by atoms with van der Waals surface area (Å²) in [6.07, 6.45) is 3.24. The van der Waals surface area contributed by atoms with E-state index in [2.05, 4.69) is 26.6 Å². The highest BCUT2D eigenvalue weighted by atomic mass is 35.5. The number of aliphatic imine (C=N–C) groups is 1. The van der Waals surface area contributed by atoms with Crippen LogP contribution < -0.4 is 5.73 Å². The molecule has 1 saturated heterocycles. The summed E-state index contributed by atoms with van der Waals surface area (Å²) in [5.74, 6) is -0.115. The highest BCUT2D eigenvalue weighted by Crippen LogP contribution is 2.30. The van der Waals surface area contributed by atoms with Crippen molar-refractivity contribution in [2.24, 2.45) is 20.2 Å². The molecule has 0 aliphatic carbocycles. The number of benzene rings is 2. The average Bonchev–Trinajstić information content (AvgIpc) is 3.31. The molecule has 2 aliphatic heterocycles. The fraction of sp³-hybridized carbons (Fsp3) is 0.357. The fourth-order valence-corrected chi connectivity index (χ4v) is 6.37. The normalized spacial score (nSPS) is 19.5. The van der Waals surface area contributed by atoms with Gasteiger partial charge in [-0.15, -0.1) is 4.40 Å². The molecule has 5 rings (SSSR count). The highest BCUT2D eigenvalue weighted by Gasteiger charge is 2.31. The van der Waals surface area contributed by atoms with Gasteiger partial charge in [0.1, 0.15) is 0 Å². The lowest BCUT2D eigenvalue weighted by molar-refractivity contribution is 0.346. The van der Waals surface area contributed by atoms with Crippen LogP contribution >= 0.6 is 11.6 Å². The zero-order chi connectivity index (χ0) is 28.3. The molecule has 1 fully saturated rings. The highest BCUT2D eigenvalue weighted by molar-refractivity contribution is 7.87. The van der Waals surface area contributed by atoms with Gasteiger partial charge >= 0.3 is 10.2 Å². The molecular formula is C28H33ClN8O2S. The second-order valence-corrected chi connectivity index (χ2v) is 12.0. The Labute approximate surface area is 240 Å². The molecular weight excluding hydrogens is 548 g/mol. The van der Waals surface area contributed by atoms with Crippen molar-refractivity contribution in [3.63, 3.8) is 0 Å². The minimum atomic E-state index is -4.02. The predicted octanol–water partition coefficient (Wildman–Crippen LogP) is 4.30. The smallest absolute Gasteiger partial charge is 0.325 e. The molecule has 0 amide bonds. The molecule has 210 valence electrons.